The third kappa shape index (κ3) is 5.34. The maximum Gasteiger partial charge on any atom is 0.255 e. The van der Waals surface area contributed by atoms with Crippen LogP contribution in [0.25, 0.3) is 0 Å². The molecule has 0 heterocycles. The molecule has 0 bridgehead atoms. The topological polar surface area (TPSA) is 75.3 Å². The van der Waals surface area contributed by atoms with Gasteiger partial charge in [-0.05, 0) is 42.7 Å². The van der Waals surface area contributed by atoms with Gasteiger partial charge in [0.2, 0.25) is 10.0 Å². The third-order valence-corrected chi connectivity index (χ3v) is 5.06. The lowest BCUT2D eigenvalue weighted by Crippen LogP contribution is -2.26. The summed E-state index contributed by atoms with van der Waals surface area (Å²) in [5.74, 6) is -2.03. The number of carbonyl (C=O) groups is 1. The molecule has 0 aliphatic heterocycles. The van der Waals surface area contributed by atoms with E-state index in [9.17, 15) is 22.0 Å². The van der Waals surface area contributed by atoms with E-state index in [0.29, 0.717) is 18.4 Å². The molecule has 5 nitrogen and oxygen atoms in total. The lowest BCUT2D eigenvalue weighted by Gasteiger charge is -2.10. The Kier molecular flexibility index (Phi) is 6.44. The highest BCUT2D eigenvalue weighted by Gasteiger charge is 2.17. The fraction of sp³-hybridized carbons (Fsp3) is 0.278. The van der Waals surface area contributed by atoms with Crippen molar-refractivity contribution in [1.29, 1.82) is 0 Å². The molecule has 0 spiro atoms. The number of anilines is 1. The first-order valence-electron chi connectivity index (χ1n) is 8.05. The zero-order chi connectivity index (χ0) is 19.3. The van der Waals surface area contributed by atoms with Crippen molar-refractivity contribution >= 4 is 21.6 Å². The van der Waals surface area contributed by atoms with E-state index in [0.717, 1.165) is 12.1 Å². The summed E-state index contributed by atoms with van der Waals surface area (Å²) in [6.07, 6.45) is 0.684. The van der Waals surface area contributed by atoms with Crippen molar-refractivity contribution in [3.8, 4) is 0 Å². The van der Waals surface area contributed by atoms with Crippen LogP contribution in [0, 0.1) is 17.6 Å². The molecule has 0 saturated carbocycles. The van der Waals surface area contributed by atoms with Crippen molar-refractivity contribution in [2.45, 2.75) is 25.2 Å². The third-order valence-electron chi connectivity index (χ3n) is 3.60. The first-order chi connectivity index (χ1) is 12.2. The van der Waals surface area contributed by atoms with Gasteiger partial charge >= 0.3 is 0 Å². The van der Waals surface area contributed by atoms with E-state index in [1.54, 1.807) is 0 Å². The highest BCUT2D eigenvalue weighted by Crippen LogP contribution is 2.17. The maximum atomic E-state index is 13.6. The molecule has 0 aromatic heterocycles. The molecule has 8 heteroatoms. The second kappa shape index (κ2) is 8.37. The van der Waals surface area contributed by atoms with Crippen LogP contribution in [-0.2, 0) is 10.0 Å². The summed E-state index contributed by atoms with van der Waals surface area (Å²) in [6.45, 7) is 4.25. The van der Waals surface area contributed by atoms with E-state index in [4.69, 9.17) is 0 Å². The molecule has 0 radical (unpaired) electrons. The Labute approximate surface area is 151 Å². The van der Waals surface area contributed by atoms with E-state index in [2.05, 4.69) is 10.0 Å². The summed E-state index contributed by atoms with van der Waals surface area (Å²) in [4.78, 5) is 12.2. The summed E-state index contributed by atoms with van der Waals surface area (Å²) in [5, 5.41) is 2.29. The Morgan fingerprint density at radius 2 is 1.85 bits per heavy atom. The lowest BCUT2D eigenvalue weighted by atomic mass is 10.1. The number of amides is 1. The van der Waals surface area contributed by atoms with Crippen LogP contribution < -0.4 is 10.0 Å². The Hall–Kier alpha value is -2.32. The maximum absolute atomic E-state index is 13.6. The van der Waals surface area contributed by atoms with Crippen LogP contribution in [0.5, 0.6) is 0 Å². The van der Waals surface area contributed by atoms with Gasteiger partial charge in [0.1, 0.15) is 11.6 Å². The predicted octanol–water partition coefficient (Wildman–Crippen LogP) is 3.54. The molecule has 2 aromatic rings. The van der Waals surface area contributed by atoms with E-state index in [-0.39, 0.29) is 22.7 Å². The van der Waals surface area contributed by atoms with Crippen molar-refractivity contribution in [2.75, 3.05) is 11.9 Å². The SMILES string of the molecule is CC(C)CCNS(=O)(=O)c1cccc(C(=O)Nc2ccc(F)cc2F)c1. The van der Waals surface area contributed by atoms with Crippen molar-refractivity contribution in [3.05, 3.63) is 59.7 Å². The first kappa shape index (κ1) is 20.0. The van der Waals surface area contributed by atoms with E-state index >= 15 is 0 Å². The Bertz CT molecular complexity index is 899. The van der Waals surface area contributed by atoms with Gasteiger partial charge in [0.15, 0.2) is 0 Å². The number of sulfonamides is 1. The number of halogens is 2. The number of nitrogens with one attached hydrogen (secondary N) is 2. The van der Waals surface area contributed by atoms with Gasteiger partial charge < -0.3 is 5.32 Å². The minimum atomic E-state index is -3.75. The lowest BCUT2D eigenvalue weighted by molar-refractivity contribution is 0.102. The van der Waals surface area contributed by atoms with Gasteiger partial charge in [0.25, 0.3) is 5.91 Å². The van der Waals surface area contributed by atoms with Crippen LogP contribution in [0.4, 0.5) is 14.5 Å². The molecule has 0 aliphatic rings. The molecule has 26 heavy (non-hydrogen) atoms. The van der Waals surface area contributed by atoms with Crippen LogP contribution in [0.15, 0.2) is 47.4 Å². The van der Waals surface area contributed by atoms with Gasteiger partial charge in [-0.2, -0.15) is 0 Å². The van der Waals surface area contributed by atoms with Gasteiger partial charge in [-0.15, -0.1) is 0 Å². The zero-order valence-corrected chi connectivity index (χ0v) is 15.2. The summed E-state index contributed by atoms with van der Waals surface area (Å²) in [6, 6.07) is 8.16. The number of hydrogen-bond acceptors (Lipinski definition) is 3. The molecular formula is C18H20F2N2O3S. The zero-order valence-electron chi connectivity index (χ0n) is 14.4. The first-order valence-corrected chi connectivity index (χ1v) is 9.53. The molecule has 0 fully saturated rings. The average molecular weight is 382 g/mol. The fourth-order valence-electron chi connectivity index (χ4n) is 2.16. The molecule has 2 N–H and O–H groups in total. The molecule has 140 valence electrons. The van der Waals surface area contributed by atoms with Gasteiger partial charge in [-0.1, -0.05) is 19.9 Å². The number of rotatable bonds is 7. The normalized spacial score (nSPS) is 11.6. The molecule has 2 rings (SSSR count). The molecule has 0 aliphatic carbocycles. The van der Waals surface area contributed by atoms with Crippen LogP contribution in [0.3, 0.4) is 0 Å². The standard InChI is InChI=1S/C18H20F2N2O3S/c1-12(2)8-9-21-26(24,25)15-5-3-4-13(10-15)18(23)22-17-7-6-14(19)11-16(17)20/h3-7,10-12,21H,8-9H2,1-2H3,(H,22,23). The Morgan fingerprint density at radius 1 is 1.12 bits per heavy atom. The van der Waals surface area contributed by atoms with E-state index in [1.165, 1.54) is 24.3 Å². The highest BCUT2D eigenvalue weighted by atomic mass is 32.2. The van der Waals surface area contributed by atoms with Gasteiger partial charge in [0.05, 0.1) is 10.6 Å². The second-order valence-corrected chi connectivity index (χ2v) is 7.95. The van der Waals surface area contributed by atoms with Crippen molar-refractivity contribution in [2.24, 2.45) is 5.92 Å². The van der Waals surface area contributed by atoms with Crippen molar-refractivity contribution in [3.63, 3.8) is 0 Å². The molecule has 0 unspecified atom stereocenters. The Balaban J connectivity index is 2.16. The monoisotopic (exact) mass is 382 g/mol. The number of hydrogen-bond donors (Lipinski definition) is 2. The van der Waals surface area contributed by atoms with Crippen molar-refractivity contribution < 1.29 is 22.0 Å². The number of benzene rings is 2. The Morgan fingerprint density at radius 3 is 2.50 bits per heavy atom. The molecule has 2 aromatic carbocycles. The quantitative estimate of drug-likeness (QED) is 0.769. The average Bonchev–Trinajstić information content (AvgIpc) is 2.57. The summed E-state index contributed by atoms with van der Waals surface area (Å²) in [5.41, 5.74) is -0.153. The molecule has 1 amide bonds. The minimum absolute atomic E-state index is 0.0421. The van der Waals surface area contributed by atoms with Gasteiger partial charge in [0, 0.05) is 18.2 Å². The summed E-state index contributed by atoms with van der Waals surface area (Å²) >= 11 is 0. The van der Waals surface area contributed by atoms with Gasteiger partial charge in [-0.3, -0.25) is 4.79 Å². The molecule has 0 atom stereocenters. The van der Waals surface area contributed by atoms with E-state index in [1.807, 2.05) is 13.8 Å². The van der Waals surface area contributed by atoms with Crippen LogP contribution in [0.2, 0.25) is 0 Å². The highest BCUT2D eigenvalue weighted by molar-refractivity contribution is 7.89. The van der Waals surface area contributed by atoms with Crippen molar-refractivity contribution in [1.82, 2.24) is 4.72 Å². The molecular weight excluding hydrogens is 362 g/mol. The fourth-order valence-corrected chi connectivity index (χ4v) is 3.25. The van der Waals surface area contributed by atoms with E-state index < -0.39 is 27.6 Å². The van der Waals surface area contributed by atoms with Crippen LogP contribution in [0.1, 0.15) is 30.6 Å². The summed E-state index contributed by atoms with van der Waals surface area (Å²) in [7, 11) is -3.75. The summed E-state index contributed by atoms with van der Waals surface area (Å²) < 4.78 is 53.6. The largest absolute Gasteiger partial charge is 0.319 e. The van der Waals surface area contributed by atoms with Gasteiger partial charge in [-0.25, -0.2) is 21.9 Å². The van der Waals surface area contributed by atoms with Crippen LogP contribution in [-0.4, -0.2) is 20.9 Å². The number of carbonyl (C=O) groups excluding carboxylic acids is 1. The minimum Gasteiger partial charge on any atom is -0.319 e. The second-order valence-electron chi connectivity index (χ2n) is 6.19. The molecule has 0 saturated heterocycles. The predicted molar refractivity (Wildman–Crippen MR) is 95.4 cm³/mol. The van der Waals surface area contributed by atoms with Crippen LogP contribution >= 0.6 is 0 Å². The smallest absolute Gasteiger partial charge is 0.255 e.